The van der Waals surface area contributed by atoms with Crippen LogP contribution in [0.3, 0.4) is 0 Å². The Balaban J connectivity index is 1.71. The van der Waals surface area contributed by atoms with Crippen LogP contribution < -0.4 is 4.74 Å². The summed E-state index contributed by atoms with van der Waals surface area (Å²) in [5, 5.41) is 0. The number of ketones is 1. The predicted molar refractivity (Wildman–Crippen MR) is 86.1 cm³/mol. The normalized spacial score (nSPS) is 14.2. The number of hydrogen-bond donors (Lipinski definition) is 0. The summed E-state index contributed by atoms with van der Waals surface area (Å²) < 4.78 is 8.86. The molecule has 1 aliphatic rings. The fraction of sp³-hybridized carbons (Fsp3) is 0.353. The number of aromatic nitrogens is 1. The Bertz CT molecular complexity index is 669. The summed E-state index contributed by atoms with van der Waals surface area (Å²) in [6, 6.07) is 10.1. The second kappa shape index (κ2) is 5.68. The van der Waals surface area contributed by atoms with Crippen LogP contribution in [0.2, 0.25) is 0 Å². The Hall–Kier alpha value is -1.55. The van der Waals surface area contributed by atoms with Crippen LogP contribution in [0.4, 0.5) is 0 Å². The smallest absolute Gasteiger partial charge is 0.202 e. The summed E-state index contributed by atoms with van der Waals surface area (Å²) in [5.74, 6) is 0.750. The van der Waals surface area contributed by atoms with Crippen molar-refractivity contribution >= 4 is 21.7 Å². The third-order valence-corrected chi connectivity index (χ3v) is 4.41. The van der Waals surface area contributed by atoms with Crippen LogP contribution >= 0.6 is 15.9 Å². The van der Waals surface area contributed by atoms with E-state index in [0.29, 0.717) is 11.8 Å². The first-order valence-electron chi connectivity index (χ1n) is 7.16. The first kappa shape index (κ1) is 14.4. The van der Waals surface area contributed by atoms with Crippen LogP contribution in [0.25, 0.3) is 0 Å². The van der Waals surface area contributed by atoms with Crippen molar-refractivity contribution in [3.63, 3.8) is 0 Å². The van der Waals surface area contributed by atoms with E-state index in [9.17, 15) is 4.79 Å². The quantitative estimate of drug-likeness (QED) is 0.747. The summed E-state index contributed by atoms with van der Waals surface area (Å²) in [7, 11) is 0. The molecule has 0 N–H and O–H groups in total. The van der Waals surface area contributed by atoms with Gasteiger partial charge in [-0.2, -0.15) is 0 Å². The topological polar surface area (TPSA) is 31.2 Å². The minimum atomic E-state index is 0.0397. The van der Waals surface area contributed by atoms with Crippen molar-refractivity contribution in [1.82, 2.24) is 4.57 Å². The van der Waals surface area contributed by atoms with Gasteiger partial charge in [-0.3, -0.25) is 4.79 Å². The van der Waals surface area contributed by atoms with Crippen LogP contribution in [0.5, 0.6) is 5.75 Å². The van der Waals surface area contributed by atoms with Crippen molar-refractivity contribution in [2.24, 2.45) is 0 Å². The number of hydrogen-bond acceptors (Lipinski definition) is 2. The average Bonchev–Trinajstić information content (AvgIpc) is 3.24. The van der Waals surface area contributed by atoms with Crippen molar-refractivity contribution in [3.8, 4) is 5.75 Å². The highest BCUT2D eigenvalue weighted by molar-refractivity contribution is 9.10. The number of aryl methyl sites for hydroxylation is 1. The second-order valence-electron chi connectivity index (χ2n) is 5.55. The molecule has 1 heterocycles. The maximum absolute atomic E-state index is 12.4. The van der Waals surface area contributed by atoms with E-state index in [0.717, 1.165) is 15.7 Å². The zero-order valence-electron chi connectivity index (χ0n) is 12.2. The summed E-state index contributed by atoms with van der Waals surface area (Å²) in [4.78, 5) is 12.4. The number of Topliss-reactive ketones (excluding diaryl/α,β-unsaturated/α-hetero) is 1. The zero-order chi connectivity index (χ0) is 15.0. The van der Waals surface area contributed by atoms with Gasteiger partial charge >= 0.3 is 0 Å². The van der Waals surface area contributed by atoms with Gasteiger partial charge in [0.05, 0.1) is 0 Å². The van der Waals surface area contributed by atoms with E-state index in [4.69, 9.17) is 4.74 Å². The van der Waals surface area contributed by atoms with E-state index in [1.807, 2.05) is 37.3 Å². The Morgan fingerprint density at radius 2 is 1.95 bits per heavy atom. The number of carbonyl (C=O) groups excluding carboxylic acids is 1. The van der Waals surface area contributed by atoms with Crippen molar-refractivity contribution in [2.75, 3.05) is 6.61 Å². The highest BCUT2D eigenvalue weighted by Crippen LogP contribution is 2.38. The summed E-state index contributed by atoms with van der Waals surface area (Å²) in [6.45, 7) is 4.17. The van der Waals surface area contributed by atoms with E-state index in [1.54, 1.807) is 0 Å². The number of nitrogens with zero attached hydrogens (tertiary/aromatic N) is 1. The Morgan fingerprint density at radius 1 is 1.29 bits per heavy atom. The Morgan fingerprint density at radius 3 is 2.57 bits per heavy atom. The number of ether oxygens (including phenoxy) is 1. The summed E-state index contributed by atoms with van der Waals surface area (Å²) in [5.41, 5.74) is 3.03. The molecule has 1 fully saturated rings. The number of halogens is 1. The molecule has 0 saturated heterocycles. The van der Waals surface area contributed by atoms with Crippen molar-refractivity contribution in [2.45, 2.75) is 32.7 Å². The van der Waals surface area contributed by atoms with Crippen LogP contribution in [0, 0.1) is 13.8 Å². The third kappa shape index (κ3) is 3.05. The van der Waals surface area contributed by atoms with Crippen LogP contribution in [-0.4, -0.2) is 17.0 Å². The third-order valence-electron chi connectivity index (χ3n) is 3.88. The monoisotopic (exact) mass is 347 g/mol. The zero-order valence-corrected chi connectivity index (χ0v) is 13.8. The lowest BCUT2D eigenvalue weighted by Crippen LogP contribution is -2.12. The fourth-order valence-corrected chi connectivity index (χ4v) is 2.98. The molecule has 0 aliphatic heterocycles. The van der Waals surface area contributed by atoms with Crippen molar-refractivity contribution < 1.29 is 9.53 Å². The summed E-state index contributed by atoms with van der Waals surface area (Å²) >= 11 is 3.38. The molecule has 21 heavy (non-hydrogen) atoms. The molecule has 0 radical (unpaired) electrons. The lowest BCUT2D eigenvalue weighted by Gasteiger charge is -2.08. The molecule has 0 atom stereocenters. The van der Waals surface area contributed by atoms with Gasteiger partial charge in [0.1, 0.15) is 5.75 Å². The molecule has 0 bridgehead atoms. The van der Waals surface area contributed by atoms with Gasteiger partial charge in [-0.15, -0.1) is 0 Å². The highest BCUT2D eigenvalue weighted by Gasteiger charge is 2.28. The van der Waals surface area contributed by atoms with Gasteiger partial charge in [-0.25, -0.2) is 0 Å². The van der Waals surface area contributed by atoms with Crippen LogP contribution in [0.15, 0.2) is 34.8 Å². The number of rotatable bonds is 5. The van der Waals surface area contributed by atoms with Crippen LogP contribution in [0.1, 0.15) is 40.6 Å². The largest absolute Gasteiger partial charge is 0.485 e. The van der Waals surface area contributed by atoms with E-state index in [-0.39, 0.29) is 12.4 Å². The molecular weight excluding hydrogens is 330 g/mol. The molecule has 4 heteroatoms. The highest BCUT2D eigenvalue weighted by atomic mass is 79.9. The van der Waals surface area contributed by atoms with Gasteiger partial charge in [0.25, 0.3) is 0 Å². The SMILES string of the molecule is Cc1cc(C(=O)COc2ccc(Br)cc2)c(C)n1C1CC1. The molecule has 3 rings (SSSR count). The van der Waals surface area contributed by atoms with E-state index >= 15 is 0 Å². The lowest BCUT2D eigenvalue weighted by molar-refractivity contribution is 0.0921. The molecule has 0 unspecified atom stereocenters. The Kier molecular flexibility index (Phi) is 3.89. The van der Waals surface area contributed by atoms with Gasteiger partial charge < -0.3 is 9.30 Å². The molecule has 0 spiro atoms. The van der Waals surface area contributed by atoms with Gasteiger partial charge in [0.2, 0.25) is 5.78 Å². The maximum atomic E-state index is 12.4. The molecular formula is C17H18BrNO2. The van der Waals surface area contributed by atoms with Gasteiger partial charge in [0.15, 0.2) is 6.61 Å². The molecule has 1 aliphatic carbocycles. The average molecular weight is 348 g/mol. The number of carbonyl (C=O) groups is 1. The molecule has 1 aromatic carbocycles. The van der Waals surface area contributed by atoms with E-state index in [1.165, 1.54) is 18.5 Å². The fourth-order valence-electron chi connectivity index (χ4n) is 2.71. The molecule has 3 nitrogen and oxygen atoms in total. The Labute approximate surface area is 133 Å². The minimum Gasteiger partial charge on any atom is -0.485 e. The molecule has 0 amide bonds. The van der Waals surface area contributed by atoms with Crippen LogP contribution in [-0.2, 0) is 0 Å². The van der Waals surface area contributed by atoms with E-state index in [2.05, 4.69) is 27.4 Å². The molecule has 1 saturated carbocycles. The van der Waals surface area contributed by atoms with Crippen molar-refractivity contribution in [1.29, 1.82) is 0 Å². The second-order valence-corrected chi connectivity index (χ2v) is 6.47. The standard InChI is InChI=1S/C17H18BrNO2/c1-11-9-16(12(2)19(11)14-5-6-14)17(20)10-21-15-7-3-13(18)4-8-15/h3-4,7-9,14H,5-6,10H2,1-2H3. The first-order chi connectivity index (χ1) is 10.1. The van der Waals surface area contributed by atoms with E-state index < -0.39 is 0 Å². The number of benzene rings is 1. The van der Waals surface area contributed by atoms with Gasteiger partial charge in [-0.1, -0.05) is 15.9 Å². The molecule has 110 valence electrons. The molecule has 2 aromatic rings. The first-order valence-corrected chi connectivity index (χ1v) is 7.95. The lowest BCUT2D eigenvalue weighted by atomic mass is 10.1. The van der Waals surface area contributed by atoms with Crippen molar-refractivity contribution in [3.05, 3.63) is 51.8 Å². The molecule has 1 aromatic heterocycles. The van der Waals surface area contributed by atoms with Gasteiger partial charge in [-0.05, 0) is 57.0 Å². The minimum absolute atomic E-state index is 0.0397. The predicted octanol–water partition coefficient (Wildman–Crippen LogP) is 4.46. The van der Waals surface area contributed by atoms with Gasteiger partial charge in [0, 0.05) is 27.5 Å². The summed E-state index contributed by atoms with van der Waals surface area (Å²) in [6.07, 6.45) is 2.44. The maximum Gasteiger partial charge on any atom is 0.202 e.